The molecule has 0 spiro atoms. The van der Waals surface area contributed by atoms with Crippen LogP contribution in [0.1, 0.15) is 92.3 Å². The molecule has 410 valence electrons. The molecule has 17 atom stereocenters. The minimum atomic E-state index is -1.32. The number of ketones is 1. The van der Waals surface area contributed by atoms with E-state index in [0.29, 0.717) is 18.5 Å². The summed E-state index contributed by atoms with van der Waals surface area (Å²) in [5.74, 6) is -3.37. The third-order valence-corrected chi connectivity index (χ3v) is 14.2. The number of non-ortho nitro benzene ring substituents is 1. The van der Waals surface area contributed by atoms with Crippen LogP contribution in [0.2, 0.25) is 0 Å². The van der Waals surface area contributed by atoms with Gasteiger partial charge in [-0.2, -0.15) is 0 Å². The number of hydrogen-bond donors (Lipinski definition) is 4. The summed E-state index contributed by atoms with van der Waals surface area (Å²) >= 11 is 0. The van der Waals surface area contributed by atoms with Crippen LogP contribution < -0.4 is 0 Å². The number of aryl methyl sites for hydroxylation is 3. The van der Waals surface area contributed by atoms with Crippen LogP contribution in [0.3, 0.4) is 0 Å². The lowest BCUT2D eigenvalue weighted by Gasteiger charge is -2.47. The zero-order valence-corrected chi connectivity index (χ0v) is 44.3. The second-order valence-electron chi connectivity index (χ2n) is 19.5. The Hall–Kier alpha value is -4.39. The Morgan fingerprint density at radius 2 is 1.58 bits per heavy atom. The van der Waals surface area contributed by atoms with Crippen molar-refractivity contribution in [2.24, 2.45) is 23.7 Å². The standard InChI is InChI=1S/C40H67NO14.C12H14N4O2/c1-11-30-27(20-51-40-38(50-10)37(49-9)34(47)25(7)53-40)17-21(3)13-14-28(43)22(4)18-26(15-16-42)36(23(5)29(44)19-31(45)54-30)55-39-35(48)32(41(8)12-2)33(46)24(6)52-39;1-2-11-9-15(14-13-11)8-7-10-3-5-12(6-4-10)16(17)18/h13-14,16-17,22-27,29-30,32-40,44,46-48H,11-12,15,18-20H2,1-10H3;3-6,9H,2,7-8H2,1H3/b14-13+,21-17+;/t22-,23+,24?,25?,26+,27-,29-,30-,32?,33?,34?,35?,36-,37?,38?,39?,40?;/m1./s1. The van der Waals surface area contributed by atoms with Gasteiger partial charge in [0.2, 0.25) is 0 Å². The number of ether oxygens (including phenoxy) is 7. The fraction of sp³-hybridized carbons (Fsp3) is 0.712. The van der Waals surface area contributed by atoms with E-state index in [-0.39, 0.29) is 30.9 Å². The number of aromatic nitrogens is 3. The average molecular weight is 1030 g/mol. The van der Waals surface area contributed by atoms with Crippen LogP contribution in [0.4, 0.5) is 5.69 Å². The summed E-state index contributed by atoms with van der Waals surface area (Å²) in [5.41, 5.74) is 2.84. The highest BCUT2D eigenvalue weighted by Crippen LogP contribution is 2.35. The van der Waals surface area contributed by atoms with Crippen molar-refractivity contribution in [1.29, 1.82) is 0 Å². The molecule has 73 heavy (non-hydrogen) atoms. The fourth-order valence-corrected chi connectivity index (χ4v) is 9.52. The van der Waals surface area contributed by atoms with Gasteiger partial charge >= 0.3 is 5.97 Å². The number of nitrogens with zero attached hydrogens (tertiary/aromatic N) is 5. The second-order valence-corrected chi connectivity index (χ2v) is 19.5. The van der Waals surface area contributed by atoms with E-state index in [1.54, 1.807) is 62.5 Å². The van der Waals surface area contributed by atoms with E-state index >= 15 is 0 Å². The van der Waals surface area contributed by atoms with E-state index in [9.17, 15) is 44.9 Å². The quantitative estimate of drug-likeness (QED) is 0.0756. The lowest BCUT2D eigenvalue weighted by molar-refractivity contribution is -0.384. The van der Waals surface area contributed by atoms with Crippen molar-refractivity contribution in [3.05, 3.63) is 75.6 Å². The van der Waals surface area contributed by atoms with Crippen molar-refractivity contribution in [1.82, 2.24) is 19.9 Å². The van der Waals surface area contributed by atoms with E-state index in [0.717, 1.165) is 36.9 Å². The first-order chi connectivity index (χ1) is 34.7. The Morgan fingerprint density at radius 3 is 2.16 bits per heavy atom. The van der Waals surface area contributed by atoms with Gasteiger partial charge in [-0.15, -0.1) is 5.10 Å². The molecule has 4 N–H and O–H groups in total. The third-order valence-electron chi connectivity index (χ3n) is 14.2. The van der Waals surface area contributed by atoms with Crippen molar-refractivity contribution in [2.75, 3.05) is 34.4 Å². The Labute approximate surface area is 429 Å². The molecule has 2 saturated heterocycles. The average Bonchev–Trinajstić information content (AvgIpc) is 3.84. The zero-order chi connectivity index (χ0) is 54.1. The molecular weight excluding hydrogens is 951 g/mol. The summed E-state index contributed by atoms with van der Waals surface area (Å²) in [6, 6.07) is 5.87. The third kappa shape index (κ3) is 17.1. The van der Waals surface area contributed by atoms with Crippen LogP contribution in [0, 0.1) is 33.8 Å². The van der Waals surface area contributed by atoms with E-state index < -0.39 is 121 Å². The number of hydrogen-bond acceptors (Lipinski definition) is 19. The number of aliphatic hydroxyl groups excluding tert-OH is 4. The number of methoxy groups -OCH3 is 2. The lowest BCUT2D eigenvalue weighted by Crippen LogP contribution is -2.63. The SMILES string of the molecule is CC[C@H]1OC(=O)C[C@@H](O)[C@H](C)[C@@H](OC2OC(C)C(O)C(N(C)CC)C2O)[C@@H](CC=O)C[C@@H](C)C(=O)/C=C/C(C)=C/[C@@H]1COC1OC(C)C(O)C(OC)C1OC.CCc1cn(CCc2ccc([N+](=O)[O-])cc2)nn1. The summed E-state index contributed by atoms with van der Waals surface area (Å²) in [6.07, 6.45) is -1.76. The highest BCUT2D eigenvalue weighted by atomic mass is 16.7. The van der Waals surface area contributed by atoms with Gasteiger partial charge in [-0.05, 0) is 77.6 Å². The summed E-state index contributed by atoms with van der Waals surface area (Å²) < 4.78 is 43.5. The van der Waals surface area contributed by atoms with Crippen molar-refractivity contribution in [2.45, 2.75) is 180 Å². The Bertz CT molecular complexity index is 2090. The van der Waals surface area contributed by atoms with Crippen LogP contribution in [0.15, 0.2) is 54.3 Å². The summed E-state index contributed by atoms with van der Waals surface area (Å²) in [4.78, 5) is 51.1. The predicted octanol–water partition coefficient (Wildman–Crippen LogP) is 3.94. The van der Waals surface area contributed by atoms with Gasteiger partial charge in [0, 0.05) is 63.3 Å². The van der Waals surface area contributed by atoms with Gasteiger partial charge in [0.1, 0.15) is 36.8 Å². The van der Waals surface area contributed by atoms with E-state index in [1.165, 1.54) is 32.4 Å². The number of aliphatic hydroxyl groups is 4. The van der Waals surface area contributed by atoms with Gasteiger partial charge in [0.15, 0.2) is 18.4 Å². The predicted molar refractivity (Wildman–Crippen MR) is 267 cm³/mol. The monoisotopic (exact) mass is 1030 g/mol. The fourth-order valence-electron chi connectivity index (χ4n) is 9.52. The Morgan fingerprint density at radius 1 is 0.918 bits per heavy atom. The maximum absolute atomic E-state index is 13.6. The molecule has 0 amide bonds. The molecule has 21 heteroatoms. The van der Waals surface area contributed by atoms with Gasteiger partial charge in [0.05, 0.1) is 60.2 Å². The number of esters is 1. The lowest BCUT2D eigenvalue weighted by atomic mass is 9.79. The number of cyclic esters (lactones) is 1. The molecular formula is C52H81N5O16. The number of carbonyl (C=O) groups excluding carboxylic acids is 3. The smallest absolute Gasteiger partial charge is 0.308 e. The van der Waals surface area contributed by atoms with Gasteiger partial charge in [-0.1, -0.05) is 69.7 Å². The molecule has 3 aliphatic heterocycles. The molecule has 4 heterocycles. The first-order valence-electron chi connectivity index (χ1n) is 25.4. The van der Waals surface area contributed by atoms with Crippen LogP contribution in [0.25, 0.3) is 0 Å². The Kier molecular flexibility index (Phi) is 24.8. The first kappa shape index (κ1) is 61.2. The zero-order valence-electron chi connectivity index (χ0n) is 44.3. The van der Waals surface area contributed by atoms with Crippen LogP contribution >= 0.6 is 0 Å². The van der Waals surface area contributed by atoms with Gasteiger partial charge in [-0.25, -0.2) is 0 Å². The number of aldehydes is 1. The largest absolute Gasteiger partial charge is 0.462 e. The molecule has 5 rings (SSSR count). The van der Waals surface area contributed by atoms with Crippen molar-refractivity contribution in [3.63, 3.8) is 0 Å². The molecule has 10 unspecified atom stereocenters. The summed E-state index contributed by atoms with van der Waals surface area (Å²) in [7, 11) is 4.71. The van der Waals surface area contributed by atoms with E-state index in [4.69, 9.17) is 33.2 Å². The molecule has 3 aliphatic rings. The molecule has 1 aromatic heterocycles. The van der Waals surface area contributed by atoms with Crippen molar-refractivity contribution < 1.29 is 72.9 Å². The Balaban J connectivity index is 0.000000534. The van der Waals surface area contributed by atoms with E-state index in [2.05, 4.69) is 10.3 Å². The van der Waals surface area contributed by atoms with E-state index in [1.807, 2.05) is 40.0 Å². The number of benzene rings is 1. The topological polar surface area (TPSA) is 274 Å². The van der Waals surface area contributed by atoms with Gasteiger partial charge in [-0.3, -0.25) is 29.3 Å². The van der Waals surface area contributed by atoms with Crippen LogP contribution in [-0.2, 0) is 66.9 Å². The number of rotatable bonds is 17. The maximum Gasteiger partial charge on any atom is 0.308 e. The molecule has 2 fully saturated rings. The first-order valence-corrected chi connectivity index (χ1v) is 25.4. The maximum atomic E-state index is 13.6. The number of allylic oxidation sites excluding steroid dienone is 3. The minimum absolute atomic E-state index is 0.0123. The number of nitro benzene ring substituents is 1. The summed E-state index contributed by atoms with van der Waals surface area (Å²) in [6.45, 7) is 15.7. The molecule has 0 bridgehead atoms. The van der Waals surface area contributed by atoms with Crippen molar-refractivity contribution >= 4 is 23.7 Å². The molecule has 2 aromatic rings. The molecule has 0 radical (unpaired) electrons. The van der Waals surface area contributed by atoms with Crippen LogP contribution in [-0.4, -0.2) is 177 Å². The number of nitro groups is 1. The minimum Gasteiger partial charge on any atom is -0.462 e. The molecule has 0 saturated carbocycles. The second kappa shape index (κ2) is 29.6. The van der Waals surface area contributed by atoms with Gasteiger partial charge < -0.3 is 58.4 Å². The summed E-state index contributed by atoms with van der Waals surface area (Å²) in [5, 5.41) is 63.1. The van der Waals surface area contributed by atoms with Gasteiger partial charge in [0.25, 0.3) is 5.69 Å². The molecule has 21 nitrogen and oxygen atoms in total. The molecule has 0 aliphatic carbocycles. The number of likely N-dealkylation sites (N-methyl/N-ethyl adjacent to an activating group) is 1. The van der Waals surface area contributed by atoms with Crippen molar-refractivity contribution in [3.8, 4) is 0 Å². The number of carbonyl (C=O) groups is 3. The highest BCUT2D eigenvalue weighted by molar-refractivity contribution is 5.91. The van der Waals surface area contributed by atoms with Crippen LogP contribution in [0.5, 0.6) is 0 Å². The highest BCUT2D eigenvalue weighted by Gasteiger charge is 2.48. The molecule has 1 aromatic carbocycles. The normalized spacial score (nSPS) is 35.0.